The molecule has 0 aliphatic carbocycles. The van der Waals surface area contributed by atoms with Gasteiger partial charge in [0, 0.05) is 12.5 Å². The summed E-state index contributed by atoms with van der Waals surface area (Å²) >= 11 is 0. The van der Waals surface area contributed by atoms with Crippen LogP contribution in [-0.2, 0) is 16.6 Å². The van der Waals surface area contributed by atoms with Crippen LogP contribution in [0.5, 0.6) is 0 Å². The van der Waals surface area contributed by atoms with Gasteiger partial charge in [0.1, 0.15) is 0 Å². The topological polar surface area (TPSA) is 29.1 Å². The first-order chi connectivity index (χ1) is 8.84. The molecular formula is C17H27NO. The Bertz CT molecular complexity index is 400. The van der Waals surface area contributed by atoms with Crippen LogP contribution in [0.2, 0.25) is 0 Å². The van der Waals surface area contributed by atoms with Crippen LogP contribution >= 0.6 is 0 Å². The molecule has 2 heteroatoms. The van der Waals surface area contributed by atoms with Gasteiger partial charge in [0.25, 0.3) is 0 Å². The fourth-order valence-corrected chi connectivity index (χ4v) is 1.86. The van der Waals surface area contributed by atoms with Crippen LogP contribution in [-0.4, -0.2) is 12.5 Å². The van der Waals surface area contributed by atoms with Crippen LogP contribution in [0, 0.1) is 5.92 Å². The molecule has 19 heavy (non-hydrogen) atoms. The Morgan fingerprint density at radius 3 is 2.26 bits per heavy atom. The molecule has 1 rings (SSSR count). The van der Waals surface area contributed by atoms with Crippen molar-refractivity contribution in [1.29, 1.82) is 0 Å². The molecule has 1 amide bonds. The fourth-order valence-electron chi connectivity index (χ4n) is 1.86. The molecular weight excluding hydrogens is 234 g/mol. The van der Waals surface area contributed by atoms with Crippen molar-refractivity contribution in [3.8, 4) is 0 Å². The summed E-state index contributed by atoms with van der Waals surface area (Å²) in [5.41, 5.74) is 2.82. The molecule has 0 bridgehead atoms. The second-order valence-electron chi connectivity index (χ2n) is 6.30. The maximum Gasteiger partial charge on any atom is 0.222 e. The molecule has 0 saturated carbocycles. The van der Waals surface area contributed by atoms with Gasteiger partial charge in [0.05, 0.1) is 0 Å². The van der Waals surface area contributed by atoms with Crippen molar-refractivity contribution < 1.29 is 4.79 Å². The Morgan fingerprint density at radius 1 is 1.21 bits per heavy atom. The van der Waals surface area contributed by atoms with E-state index in [-0.39, 0.29) is 17.2 Å². The van der Waals surface area contributed by atoms with Gasteiger partial charge in [-0.3, -0.25) is 4.79 Å². The smallest absolute Gasteiger partial charge is 0.222 e. The summed E-state index contributed by atoms with van der Waals surface area (Å²) in [6, 6.07) is 8.70. The van der Waals surface area contributed by atoms with Gasteiger partial charge in [-0.05, 0) is 29.4 Å². The number of carbonyl (C=O) groups is 1. The summed E-state index contributed by atoms with van der Waals surface area (Å²) in [5.74, 6) is 0.275. The van der Waals surface area contributed by atoms with Gasteiger partial charge in [-0.25, -0.2) is 0 Å². The van der Waals surface area contributed by atoms with Crippen molar-refractivity contribution in [3.63, 3.8) is 0 Å². The van der Waals surface area contributed by atoms with Gasteiger partial charge in [-0.15, -0.1) is 0 Å². The lowest BCUT2D eigenvalue weighted by atomic mass is 9.86. The number of amides is 1. The van der Waals surface area contributed by atoms with Crippen LogP contribution in [0.4, 0.5) is 0 Å². The molecule has 1 aromatic rings. The predicted octanol–water partition coefficient (Wildman–Crippen LogP) is 3.69. The minimum absolute atomic E-state index is 0.114. The largest absolute Gasteiger partial charge is 0.356 e. The average molecular weight is 261 g/mol. The maximum atomic E-state index is 11.6. The minimum Gasteiger partial charge on any atom is -0.356 e. The normalized spacial score (nSPS) is 13.1. The van der Waals surface area contributed by atoms with E-state index in [1.54, 1.807) is 0 Å². The predicted molar refractivity (Wildman–Crippen MR) is 81.3 cm³/mol. The molecule has 1 unspecified atom stereocenters. The molecule has 1 atom stereocenters. The Morgan fingerprint density at radius 2 is 1.79 bits per heavy atom. The van der Waals surface area contributed by atoms with E-state index in [4.69, 9.17) is 0 Å². The Labute approximate surface area is 117 Å². The third-order valence-corrected chi connectivity index (χ3v) is 3.59. The molecule has 0 aromatic heterocycles. The zero-order valence-corrected chi connectivity index (χ0v) is 12.9. The Balaban J connectivity index is 2.45. The zero-order chi connectivity index (χ0) is 14.5. The van der Waals surface area contributed by atoms with Crippen molar-refractivity contribution in [2.75, 3.05) is 6.54 Å². The monoisotopic (exact) mass is 261 g/mol. The molecule has 0 heterocycles. The van der Waals surface area contributed by atoms with E-state index in [0.29, 0.717) is 0 Å². The highest BCUT2D eigenvalue weighted by atomic mass is 16.1. The number of rotatable bonds is 5. The first-order valence-electron chi connectivity index (χ1n) is 7.21. The third-order valence-electron chi connectivity index (χ3n) is 3.59. The zero-order valence-electron chi connectivity index (χ0n) is 12.9. The lowest BCUT2D eigenvalue weighted by molar-refractivity contribution is -0.124. The molecule has 1 N–H and O–H groups in total. The maximum absolute atomic E-state index is 11.6. The third kappa shape index (κ3) is 5.06. The Kier molecular flexibility index (Phi) is 5.59. The molecule has 0 saturated heterocycles. The van der Waals surface area contributed by atoms with Gasteiger partial charge >= 0.3 is 0 Å². The second kappa shape index (κ2) is 6.74. The summed E-state index contributed by atoms with van der Waals surface area (Å²) < 4.78 is 0. The van der Waals surface area contributed by atoms with Gasteiger partial charge < -0.3 is 5.32 Å². The fraction of sp³-hybridized carbons (Fsp3) is 0.588. The molecule has 0 spiro atoms. The van der Waals surface area contributed by atoms with E-state index in [2.05, 4.69) is 50.4 Å². The SMILES string of the molecule is CCC(C)C(=O)NCCc1ccc(C(C)(C)C)cc1. The molecule has 0 radical (unpaired) electrons. The summed E-state index contributed by atoms with van der Waals surface area (Å²) in [6.45, 7) is 11.4. The average Bonchev–Trinajstić information content (AvgIpc) is 2.37. The summed E-state index contributed by atoms with van der Waals surface area (Å²) in [5, 5.41) is 2.99. The highest BCUT2D eigenvalue weighted by Crippen LogP contribution is 2.22. The van der Waals surface area contributed by atoms with E-state index in [1.165, 1.54) is 11.1 Å². The van der Waals surface area contributed by atoms with E-state index in [9.17, 15) is 4.79 Å². The number of nitrogens with one attached hydrogen (secondary N) is 1. The molecule has 0 aliphatic heterocycles. The van der Waals surface area contributed by atoms with Crippen molar-refractivity contribution >= 4 is 5.91 Å². The Hall–Kier alpha value is -1.31. The number of carbonyl (C=O) groups excluding carboxylic acids is 1. The summed E-state index contributed by atoms with van der Waals surface area (Å²) in [6.07, 6.45) is 1.79. The van der Waals surface area contributed by atoms with Gasteiger partial charge in [-0.2, -0.15) is 0 Å². The number of hydrogen-bond donors (Lipinski definition) is 1. The molecule has 2 nitrogen and oxygen atoms in total. The van der Waals surface area contributed by atoms with E-state index in [1.807, 2.05) is 13.8 Å². The van der Waals surface area contributed by atoms with Gasteiger partial charge in [-0.1, -0.05) is 58.9 Å². The summed E-state index contributed by atoms with van der Waals surface area (Å²) in [4.78, 5) is 11.6. The second-order valence-corrected chi connectivity index (χ2v) is 6.30. The lowest BCUT2D eigenvalue weighted by Crippen LogP contribution is -2.30. The van der Waals surface area contributed by atoms with E-state index in [0.717, 1.165) is 19.4 Å². The lowest BCUT2D eigenvalue weighted by Gasteiger charge is -2.19. The van der Waals surface area contributed by atoms with E-state index >= 15 is 0 Å². The highest BCUT2D eigenvalue weighted by molar-refractivity contribution is 5.78. The van der Waals surface area contributed by atoms with Crippen molar-refractivity contribution in [2.45, 2.75) is 52.9 Å². The van der Waals surface area contributed by atoms with Crippen LogP contribution < -0.4 is 5.32 Å². The van der Waals surface area contributed by atoms with Crippen LogP contribution in [0.15, 0.2) is 24.3 Å². The van der Waals surface area contributed by atoms with Crippen molar-refractivity contribution in [3.05, 3.63) is 35.4 Å². The van der Waals surface area contributed by atoms with Crippen LogP contribution in [0.1, 0.15) is 52.2 Å². The van der Waals surface area contributed by atoms with Crippen LogP contribution in [0.3, 0.4) is 0 Å². The minimum atomic E-state index is 0.114. The molecule has 1 aromatic carbocycles. The quantitative estimate of drug-likeness (QED) is 0.860. The van der Waals surface area contributed by atoms with Crippen molar-refractivity contribution in [2.24, 2.45) is 5.92 Å². The van der Waals surface area contributed by atoms with Crippen molar-refractivity contribution in [1.82, 2.24) is 5.32 Å². The molecule has 106 valence electrons. The van der Waals surface area contributed by atoms with E-state index < -0.39 is 0 Å². The number of hydrogen-bond acceptors (Lipinski definition) is 1. The standard InChI is InChI=1S/C17H27NO/c1-6-13(2)16(19)18-12-11-14-7-9-15(10-8-14)17(3,4)5/h7-10,13H,6,11-12H2,1-5H3,(H,18,19). The first kappa shape index (κ1) is 15.7. The number of benzene rings is 1. The first-order valence-corrected chi connectivity index (χ1v) is 7.21. The molecule has 0 aliphatic rings. The van der Waals surface area contributed by atoms with Gasteiger partial charge in [0.2, 0.25) is 5.91 Å². The summed E-state index contributed by atoms with van der Waals surface area (Å²) in [7, 11) is 0. The van der Waals surface area contributed by atoms with Gasteiger partial charge in [0.15, 0.2) is 0 Å². The highest BCUT2D eigenvalue weighted by Gasteiger charge is 2.13. The van der Waals surface area contributed by atoms with Crippen LogP contribution in [0.25, 0.3) is 0 Å². The molecule has 0 fully saturated rings.